The predicted octanol–water partition coefficient (Wildman–Crippen LogP) is 5.38. The first-order valence-corrected chi connectivity index (χ1v) is 11.3. The molecule has 2 N–H and O–H groups in total. The third-order valence-corrected chi connectivity index (χ3v) is 7.58. The molecule has 4 nitrogen and oxygen atoms in total. The average molecular weight is 403 g/mol. The van der Waals surface area contributed by atoms with Crippen LogP contribution in [0.1, 0.15) is 58.3 Å². The molecule has 4 fully saturated rings. The van der Waals surface area contributed by atoms with Gasteiger partial charge >= 0.3 is 0 Å². The molecule has 0 spiro atoms. The minimum absolute atomic E-state index is 0.445. The van der Waals surface area contributed by atoms with Crippen molar-refractivity contribution < 1.29 is 9.47 Å². The van der Waals surface area contributed by atoms with Crippen molar-refractivity contribution in [1.82, 2.24) is 5.32 Å². The normalized spacial score (nSPS) is 31.3. The van der Waals surface area contributed by atoms with Gasteiger partial charge in [-0.3, -0.25) is 0 Å². The highest BCUT2D eigenvalue weighted by Gasteiger charge is 2.54. The number of rotatable bonds is 7. The number of nitrogens with one attached hydrogen (secondary N) is 2. The zero-order chi connectivity index (χ0) is 19.7. The van der Waals surface area contributed by atoms with Crippen LogP contribution in [0.2, 0.25) is 0 Å². The number of methoxy groups -OCH3 is 2. The van der Waals surface area contributed by atoms with Crippen LogP contribution in [0.5, 0.6) is 11.5 Å². The van der Waals surface area contributed by atoms with Gasteiger partial charge in [0.05, 0.1) is 19.9 Å². The van der Waals surface area contributed by atoms with E-state index in [0.717, 1.165) is 34.9 Å². The average Bonchev–Trinajstić information content (AvgIpc) is 2.67. The molecule has 1 aromatic rings. The number of thiocarbonyl (C=S) groups is 1. The second kappa shape index (κ2) is 8.10. The molecule has 0 aliphatic heterocycles. The van der Waals surface area contributed by atoms with Crippen molar-refractivity contribution in [3.05, 3.63) is 18.2 Å². The minimum Gasteiger partial charge on any atom is -0.497 e. The Hall–Kier alpha value is -1.49. The standard InChI is InChI=1S/C23H34N2O2S/c1-4-5-21(23-12-15-8-16(13-23)10-17(9-15)14-23)25-22(28)24-19-7-6-18(26-2)11-20(19)27-3/h6-7,11,15-17,21H,4-5,8-10,12-14H2,1-3H3,(H2,24,25,28)/t15?,16?,17?,21-,23?/m0/s1. The minimum atomic E-state index is 0.445. The van der Waals surface area contributed by atoms with Gasteiger partial charge in [-0.25, -0.2) is 0 Å². The second-order valence-corrected chi connectivity index (χ2v) is 9.69. The van der Waals surface area contributed by atoms with E-state index in [1.807, 2.05) is 18.2 Å². The van der Waals surface area contributed by atoms with Crippen LogP contribution in [0.25, 0.3) is 0 Å². The van der Waals surface area contributed by atoms with Gasteiger partial charge in [0.1, 0.15) is 11.5 Å². The number of anilines is 1. The smallest absolute Gasteiger partial charge is 0.171 e. The molecular formula is C23H34N2O2S. The van der Waals surface area contributed by atoms with E-state index in [2.05, 4.69) is 17.6 Å². The second-order valence-electron chi connectivity index (χ2n) is 9.29. The fraction of sp³-hybridized carbons (Fsp3) is 0.696. The van der Waals surface area contributed by atoms with Gasteiger partial charge in [-0.05, 0) is 92.5 Å². The lowest BCUT2D eigenvalue weighted by atomic mass is 9.47. The van der Waals surface area contributed by atoms with Crippen LogP contribution in [-0.2, 0) is 0 Å². The maximum atomic E-state index is 5.74. The summed E-state index contributed by atoms with van der Waals surface area (Å²) >= 11 is 5.74. The molecule has 5 rings (SSSR count). The molecule has 28 heavy (non-hydrogen) atoms. The molecule has 4 aliphatic carbocycles. The maximum Gasteiger partial charge on any atom is 0.171 e. The molecule has 0 radical (unpaired) electrons. The highest BCUT2D eigenvalue weighted by atomic mass is 32.1. The fourth-order valence-corrected chi connectivity index (χ4v) is 6.90. The zero-order valence-corrected chi connectivity index (χ0v) is 18.2. The molecule has 1 aromatic carbocycles. The summed E-state index contributed by atoms with van der Waals surface area (Å²) in [5, 5.41) is 7.82. The summed E-state index contributed by atoms with van der Waals surface area (Å²) in [4.78, 5) is 0. The van der Waals surface area contributed by atoms with E-state index < -0.39 is 0 Å². The van der Waals surface area contributed by atoms with Gasteiger partial charge < -0.3 is 20.1 Å². The zero-order valence-electron chi connectivity index (χ0n) is 17.4. The van der Waals surface area contributed by atoms with Gasteiger partial charge in [0.15, 0.2) is 5.11 Å². The largest absolute Gasteiger partial charge is 0.497 e. The van der Waals surface area contributed by atoms with Crippen LogP contribution in [0.15, 0.2) is 18.2 Å². The first-order valence-electron chi connectivity index (χ1n) is 10.8. The fourth-order valence-electron chi connectivity index (χ4n) is 6.64. The first kappa shape index (κ1) is 19.8. The summed E-state index contributed by atoms with van der Waals surface area (Å²) in [6, 6.07) is 6.24. The quantitative estimate of drug-likeness (QED) is 0.600. The van der Waals surface area contributed by atoms with Gasteiger partial charge in [0, 0.05) is 12.1 Å². The van der Waals surface area contributed by atoms with Crippen molar-refractivity contribution >= 4 is 23.0 Å². The third-order valence-electron chi connectivity index (χ3n) is 7.36. The van der Waals surface area contributed by atoms with Crippen LogP contribution in [0.3, 0.4) is 0 Å². The molecular weight excluding hydrogens is 368 g/mol. The molecule has 0 heterocycles. The Morgan fingerprint density at radius 3 is 2.29 bits per heavy atom. The molecule has 0 saturated heterocycles. The van der Waals surface area contributed by atoms with Crippen molar-refractivity contribution in [3.8, 4) is 11.5 Å². The summed E-state index contributed by atoms with van der Waals surface area (Å²) < 4.78 is 10.8. The van der Waals surface area contributed by atoms with E-state index in [4.69, 9.17) is 21.7 Å². The summed E-state index contributed by atoms with van der Waals surface area (Å²) in [7, 11) is 3.33. The van der Waals surface area contributed by atoms with Crippen molar-refractivity contribution in [1.29, 1.82) is 0 Å². The third kappa shape index (κ3) is 3.83. The number of benzene rings is 1. The highest BCUT2D eigenvalue weighted by molar-refractivity contribution is 7.80. The molecule has 0 aromatic heterocycles. The van der Waals surface area contributed by atoms with E-state index in [1.165, 1.54) is 51.4 Å². The van der Waals surface area contributed by atoms with Gasteiger partial charge in [0.2, 0.25) is 0 Å². The van der Waals surface area contributed by atoms with Crippen LogP contribution >= 0.6 is 12.2 Å². The summed E-state index contributed by atoms with van der Waals surface area (Å²) in [5.74, 6) is 4.38. The van der Waals surface area contributed by atoms with Crippen molar-refractivity contribution in [2.45, 2.75) is 64.3 Å². The number of hydrogen-bond donors (Lipinski definition) is 2. The Morgan fingerprint density at radius 1 is 1.11 bits per heavy atom. The molecule has 4 bridgehead atoms. The van der Waals surface area contributed by atoms with Crippen LogP contribution in [0, 0.1) is 23.2 Å². The van der Waals surface area contributed by atoms with Crippen LogP contribution in [-0.4, -0.2) is 25.4 Å². The molecule has 4 saturated carbocycles. The Labute approximate surface area is 174 Å². The Morgan fingerprint density at radius 2 is 1.75 bits per heavy atom. The van der Waals surface area contributed by atoms with E-state index in [0.29, 0.717) is 16.6 Å². The van der Waals surface area contributed by atoms with E-state index in [-0.39, 0.29) is 0 Å². The summed E-state index contributed by atoms with van der Waals surface area (Å²) in [6.45, 7) is 2.29. The highest BCUT2D eigenvalue weighted by Crippen LogP contribution is 2.61. The first-order chi connectivity index (χ1) is 13.5. The van der Waals surface area contributed by atoms with Gasteiger partial charge in [0.25, 0.3) is 0 Å². The predicted molar refractivity (Wildman–Crippen MR) is 118 cm³/mol. The molecule has 0 unspecified atom stereocenters. The Balaban J connectivity index is 1.47. The van der Waals surface area contributed by atoms with E-state index in [1.54, 1.807) is 14.2 Å². The molecule has 0 amide bonds. The Kier molecular flexibility index (Phi) is 5.73. The molecule has 154 valence electrons. The molecule has 1 atom stereocenters. The lowest BCUT2D eigenvalue weighted by Crippen LogP contribution is -2.57. The molecule has 5 heteroatoms. The van der Waals surface area contributed by atoms with Crippen LogP contribution < -0.4 is 20.1 Å². The lowest BCUT2D eigenvalue weighted by Gasteiger charge is -2.59. The van der Waals surface area contributed by atoms with E-state index in [9.17, 15) is 0 Å². The monoisotopic (exact) mass is 402 g/mol. The molecule has 4 aliphatic rings. The van der Waals surface area contributed by atoms with E-state index >= 15 is 0 Å². The van der Waals surface area contributed by atoms with Gasteiger partial charge in [-0.15, -0.1) is 0 Å². The van der Waals surface area contributed by atoms with Gasteiger partial charge in [-0.1, -0.05) is 13.3 Å². The summed E-state index contributed by atoms with van der Waals surface area (Å²) in [6.07, 6.45) is 11.0. The SMILES string of the molecule is CCC[C@H](NC(=S)Nc1ccc(OC)cc1OC)C12CC3CC(CC(C3)C1)C2. The topological polar surface area (TPSA) is 42.5 Å². The van der Waals surface area contributed by atoms with Crippen LogP contribution in [0.4, 0.5) is 5.69 Å². The van der Waals surface area contributed by atoms with Crippen molar-refractivity contribution in [2.75, 3.05) is 19.5 Å². The van der Waals surface area contributed by atoms with Crippen molar-refractivity contribution in [3.63, 3.8) is 0 Å². The Bertz CT molecular complexity index is 685. The number of hydrogen-bond acceptors (Lipinski definition) is 3. The van der Waals surface area contributed by atoms with Gasteiger partial charge in [-0.2, -0.15) is 0 Å². The maximum absolute atomic E-state index is 5.74. The number of ether oxygens (including phenoxy) is 2. The van der Waals surface area contributed by atoms with Crippen molar-refractivity contribution in [2.24, 2.45) is 23.2 Å². The summed E-state index contributed by atoms with van der Waals surface area (Å²) in [5.41, 5.74) is 1.32. The lowest BCUT2D eigenvalue weighted by molar-refractivity contribution is -0.0718.